The van der Waals surface area contributed by atoms with Crippen LogP contribution in [-0.4, -0.2) is 29.2 Å². The average Bonchev–Trinajstić information content (AvgIpc) is 2.16. The number of hydrogen-bond acceptors (Lipinski definition) is 5. The van der Waals surface area contributed by atoms with E-state index >= 15 is 0 Å². The lowest BCUT2D eigenvalue weighted by Gasteiger charge is -2.12. The van der Waals surface area contributed by atoms with Crippen molar-refractivity contribution < 1.29 is 9.53 Å². The number of rotatable bonds is 3. The van der Waals surface area contributed by atoms with Crippen molar-refractivity contribution in [1.82, 2.24) is 5.43 Å². The van der Waals surface area contributed by atoms with E-state index in [0.29, 0.717) is 17.3 Å². The van der Waals surface area contributed by atoms with Gasteiger partial charge in [0.15, 0.2) is 5.17 Å². The maximum atomic E-state index is 10.8. The van der Waals surface area contributed by atoms with E-state index in [4.69, 9.17) is 10.1 Å². The summed E-state index contributed by atoms with van der Waals surface area (Å²) >= 11 is 1.34. The van der Waals surface area contributed by atoms with E-state index in [-0.39, 0.29) is 12.6 Å². The summed E-state index contributed by atoms with van der Waals surface area (Å²) in [5.74, 6) is 0.386. The minimum atomic E-state index is -0.228. The predicted molar refractivity (Wildman–Crippen MR) is 52.0 cm³/mol. The fraction of sp³-hybridized carbons (Fsp3) is 0.571. The van der Waals surface area contributed by atoms with Gasteiger partial charge in [0, 0.05) is 12.2 Å². The summed E-state index contributed by atoms with van der Waals surface area (Å²) < 4.78 is 4.87. The van der Waals surface area contributed by atoms with E-state index in [2.05, 4.69) is 10.5 Å². The fourth-order valence-electron chi connectivity index (χ4n) is 0.690. The van der Waals surface area contributed by atoms with Gasteiger partial charge in [-0.05, 0) is 0 Å². The van der Waals surface area contributed by atoms with Gasteiger partial charge in [-0.25, -0.2) is 0 Å². The van der Waals surface area contributed by atoms with Gasteiger partial charge in [-0.2, -0.15) is 5.10 Å². The highest BCUT2D eigenvalue weighted by Gasteiger charge is 2.10. The number of carbonyl (C=O) groups is 1. The Morgan fingerprint density at radius 3 is 3.15 bits per heavy atom. The second kappa shape index (κ2) is 4.86. The van der Waals surface area contributed by atoms with Gasteiger partial charge < -0.3 is 4.74 Å². The van der Waals surface area contributed by atoms with E-state index in [1.54, 1.807) is 6.92 Å². The molecule has 0 unspecified atom stereocenters. The van der Waals surface area contributed by atoms with Gasteiger partial charge in [0.05, 0.1) is 5.71 Å². The van der Waals surface area contributed by atoms with Crippen LogP contribution in [0.4, 0.5) is 0 Å². The van der Waals surface area contributed by atoms with Crippen LogP contribution in [0.3, 0.4) is 0 Å². The molecule has 0 saturated heterocycles. The van der Waals surface area contributed by atoms with Crippen molar-refractivity contribution in [2.45, 2.75) is 13.3 Å². The van der Waals surface area contributed by atoms with Crippen molar-refractivity contribution in [1.29, 1.82) is 5.41 Å². The van der Waals surface area contributed by atoms with Crippen LogP contribution in [0.2, 0.25) is 0 Å². The summed E-state index contributed by atoms with van der Waals surface area (Å²) in [5.41, 5.74) is 3.27. The number of nitrogens with one attached hydrogen (secondary N) is 2. The minimum absolute atomic E-state index is 0.222. The molecule has 1 aliphatic rings. The van der Waals surface area contributed by atoms with Crippen molar-refractivity contribution in [2.24, 2.45) is 5.10 Å². The Morgan fingerprint density at radius 1 is 1.85 bits per heavy atom. The Labute approximate surface area is 80.4 Å². The van der Waals surface area contributed by atoms with Crippen molar-refractivity contribution in [3.63, 3.8) is 0 Å². The zero-order valence-corrected chi connectivity index (χ0v) is 8.11. The Balaban J connectivity index is 2.30. The van der Waals surface area contributed by atoms with Gasteiger partial charge in [-0.1, -0.05) is 18.7 Å². The number of carbonyl (C=O) groups excluding carboxylic acids is 1. The molecule has 0 fully saturated rings. The molecule has 0 bridgehead atoms. The van der Waals surface area contributed by atoms with Crippen molar-refractivity contribution in [3.05, 3.63) is 0 Å². The van der Waals surface area contributed by atoms with Crippen LogP contribution in [-0.2, 0) is 9.53 Å². The van der Waals surface area contributed by atoms with E-state index in [9.17, 15) is 4.79 Å². The summed E-state index contributed by atoms with van der Waals surface area (Å²) in [7, 11) is 0. The lowest BCUT2D eigenvalue weighted by molar-refractivity contribution is -0.141. The Morgan fingerprint density at radius 2 is 2.62 bits per heavy atom. The standard InChI is InChI=1S/C7H11N3O2S/c1-2-6(11)12-3-5-4-13-7(8)10-9-5/h2-4H2,1H3,(H2,8,10). The smallest absolute Gasteiger partial charge is 0.305 e. The minimum Gasteiger partial charge on any atom is -0.459 e. The van der Waals surface area contributed by atoms with Crippen LogP contribution < -0.4 is 5.43 Å². The third-order valence-corrected chi connectivity index (χ3v) is 2.24. The van der Waals surface area contributed by atoms with E-state index in [1.807, 2.05) is 0 Å². The van der Waals surface area contributed by atoms with Crippen LogP contribution >= 0.6 is 11.8 Å². The number of hydrogen-bond donors (Lipinski definition) is 2. The van der Waals surface area contributed by atoms with Crippen LogP contribution in [0.15, 0.2) is 5.10 Å². The van der Waals surface area contributed by atoms with E-state index in [1.165, 1.54) is 11.8 Å². The fourth-order valence-corrected chi connectivity index (χ4v) is 1.26. The maximum Gasteiger partial charge on any atom is 0.305 e. The Kier molecular flexibility index (Phi) is 3.75. The molecule has 0 amide bonds. The molecular formula is C7H11N3O2S. The lowest BCUT2D eigenvalue weighted by atomic mass is 10.4. The van der Waals surface area contributed by atoms with Crippen LogP contribution in [0.25, 0.3) is 0 Å². The van der Waals surface area contributed by atoms with E-state index in [0.717, 1.165) is 5.71 Å². The van der Waals surface area contributed by atoms with Crippen LogP contribution in [0, 0.1) is 5.41 Å². The Bertz CT molecular complexity index is 252. The normalized spacial score (nSPS) is 16.1. The molecule has 72 valence electrons. The number of thioether (sulfide) groups is 1. The molecule has 0 aromatic rings. The zero-order chi connectivity index (χ0) is 9.68. The molecule has 0 aromatic heterocycles. The average molecular weight is 201 g/mol. The second-order valence-electron chi connectivity index (χ2n) is 2.42. The van der Waals surface area contributed by atoms with E-state index < -0.39 is 0 Å². The van der Waals surface area contributed by atoms with Gasteiger partial charge in [0.2, 0.25) is 0 Å². The molecular weight excluding hydrogens is 190 g/mol. The second-order valence-corrected chi connectivity index (χ2v) is 3.41. The van der Waals surface area contributed by atoms with Gasteiger partial charge in [-0.3, -0.25) is 15.6 Å². The first-order valence-electron chi connectivity index (χ1n) is 3.90. The highest BCUT2D eigenvalue weighted by molar-refractivity contribution is 8.14. The molecule has 2 N–H and O–H groups in total. The first kappa shape index (κ1) is 10.0. The molecule has 1 rings (SSSR count). The quantitative estimate of drug-likeness (QED) is 0.654. The van der Waals surface area contributed by atoms with Gasteiger partial charge >= 0.3 is 5.97 Å². The third kappa shape index (κ3) is 3.45. The molecule has 0 aromatic carbocycles. The summed E-state index contributed by atoms with van der Waals surface area (Å²) in [5, 5.41) is 11.4. The Hall–Kier alpha value is -1.04. The van der Waals surface area contributed by atoms with Gasteiger partial charge in [-0.15, -0.1) is 0 Å². The van der Waals surface area contributed by atoms with Gasteiger partial charge in [0.1, 0.15) is 6.61 Å². The molecule has 1 heterocycles. The SMILES string of the molecule is CCC(=O)OCC1=NNC(=N)SC1. The predicted octanol–water partition coefficient (Wildman–Crippen LogP) is 0.567. The molecule has 5 nitrogen and oxygen atoms in total. The highest BCUT2D eigenvalue weighted by Crippen LogP contribution is 2.06. The largest absolute Gasteiger partial charge is 0.459 e. The van der Waals surface area contributed by atoms with Crippen LogP contribution in [0.5, 0.6) is 0 Å². The summed E-state index contributed by atoms with van der Waals surface area (Å²) in [6.07, 6.45) is 0.379. The first-order chi connectivity index (χ1) is 6.22. The molecule has 13 heavy (non-hydrogen) atoms. The summed E-state index contributed by atoms with van der Waals surface area (Å²) in [6.45, 7) is 1.97. The van der Waals surface area contributed by atoms with Crippen molar-refractivity contribution in [2.75, 3.05) is 12.4 Å². The zero-order valence-electron chi connectivity index (χ0n) is 7.29. The third-order valence-electron chi connectivity index (χ3n) is 1.39. The molecule has 1 aliphatic heterocycles. The molecule has 0 atom stereocenters. The maximum absolute atomic E-state index is 10.8. The number of ether oxygens (including phenoxy) is 1. The summed E-state index contributed by atoms with van der Waals surface area (Å²) in [6, 6.07) is 0. The number of esters is 1. The molecule has 0 aliphatic carbocycles. The molecule has 0 radical (unpaired) electrons. The van der Waals surface area contributed by atoms with Crippen molar-refractivity contribution >= 4 is 28.6 Å². The molecule has 6 heteroatoms. The lowest BCUT2D eigenvalue weighted by Crippen LogP contribution is -2.27. The monoisotopic (exact) mass is 201 g/mol. The number of nitrogens with zero attached hydrogens (tertiary/aromatic N) is 1. The molecule has 0 spiro atoms. The van der Waals surface area contributed by atoms with Gasteiger partial charge in [0.25, 0.3) is 0 Å². The topological polar surface area (TPSA) is 74.5 Å². The number of amidine groups is 1. The number of hydrazone groups is 1. The first-order valence-corrected chi connectivity index (χ1v) is 4.89. The molecule has 0 saturated carbocycles. The highest BCUT2D eigenvalue weighted by atomic mass is 32.2. The summed E-state index contributed by atoms with van der Waals surface area (Å²) in [4.78, 5) is 10.8. The van der Waals surface area contributed by atoms with Crippen molar-refractivity contribution in [3.8, 4) is 0 Å². The van der Waals surface area contributed by atoms with Crippen LogP contribution in [0.1, 0.15) is 13.3 Å².